The van der Waals surface area contributed by atoms with Crippen molar-refractivity contribution < 1.29 is 0 Å². The van der Waals surface area contributed by atoms with Crippen LogP contribution >= 0.6 is 0 Å². The Kier molecular flexibility index (Phi) is 5.87. The molecule has 2 aromatic rings. The molecule has 0 spiro atoms. The summed E-state index contributed by atoms with van der Waals surface area (Å²) < 4.78 is 4.06. The summed E-state index contributed by atoms with van der Waals surface area (Å²) in [7, 11) is 0. The molecule has 0 aliphatic heterocycles. The minimum Gasteiger partial charge on any atom is -0.357 e. The number of aliphatic imine (C=N–C) groups is 1. The van der Waals surface area contributed by atoms with Gasteiger partial charge in [0.05, 0.1) is 19.3 Å². The maximum Gasteiger partial charge on any atom is 0.191 e. The number of aryl methyl sites for hydroxylation is 1. The zero-order valence-electron chi connectivity index (χ0n) is 12.8. The Labute approximate surface area is 125 Å². The zero-order valence-corrected chi connectivity index (χ0v) is 12.8. The van der Waals surface area contributed by atoms with Crippen LogP contribution in [-0.2, 0) is 13.1 Å². The van der Waals surface area contributed by atoms with E-state index in [1.54, 1.807) is 0 Å². The maximum absolute atomic E-state index is 4.56. The molecule has 0 radical (unpaired) electrons. The van der Waals surface area contributed by atoms with Gasteiger partial charge in [-0.25, -0.2) is 0 Å². The first-order valence-corrected chi connectivity index (χ1v) is 7.40. The number of nitrogens with zero attached hydrogens (tertiary/aromatic N) is 4. The largest absolute Gasteiger partial charge is 0.357 e. The van der Waals surface area contributed by atoms with E-state index < -0.39 is 0 Å². The van der Waals surface area contributed by atoms with Crippen molar-refractivity contribution in [3.63, 3.8) is 0 Å². The second-order valence-electron chi connectivity index (χ2n) is 4.89. The topological polar surface area (TPSA) is 59.2 Å². The summed E-state index contributed by atoms with van der Waals surface area (Å²) >= 11 is 0. The predicted molar refractivity (Wildman–Crippen MR) is 85.4 cm³/mol. The second kappa shape index (κ2) is 8.14. The number of aromatic nitrogens is 3. The summed E-state index contributed by atoms with van der Waals surface area (Å²) in [4.78, 5) is 4.56. The molecule has 0 aliphatic rings. The highest BCUT2D eigenvalue weighted by Crippen LogP contribution is 1.93. The SMILES string of the molecule is CCNC(=NCCn1cc(C)cn1)NCCn1cccc1. The van der Waals surface area contributed by atoms with Crippen molar-refractivity contribution in [1.82, 2.24) is 25.0 Å². The third-order valence-electron chi connectivity index (χ3n) is 3.03. The molecule has 0 bridgehead atoms. The van der Waals surface area contributed by atoms with Crippen molar-refractivity contribution >= 4 is 5.96 Å². The van der Waals surface area contributed by atoms with E-state index in [1.807, 2.05) is 36.1 Å². The van der Waals surface area contributed by atoms with E-state index in [9.17, 15) is 0 Å². The van der Waals surface area contributed by atoms with E-state index in [4.69, 9.17) is 0 Å². The minimum atomic E-state index is 0.708. The number of hydrogen-bond acceptors (Lipinski definition) is 2. The van der Waals surface area contributed by atoms with Crippen molar-refractivity contribution in [2.75, 3.05) is 19.6 Å². The van der Waals surface area contributed by atoms with Gasteiger partial charge in [-0.05, 0) is 31.5 Å². The molecule has 0 fully saturated rings. The zero-order chi connectivity index (χ0) is 14.9. The van der Waals surface area contributed by atoms with Gasteiger partial charge in [-0.15, -0.1) is 0 Å². The average Bonchev–Trinajstić information content (AvgIpc) is 3.11. The second-order valence-corrected chi connectivity index (χ2v) is 4.89. The van der Waals surface area contributed by atoms with Crippen LogP contribution in [0, 0.1) is 6.92 Å². The normalized spacial score (nSPS) is 11.6. The lowest BCUT2D eigenvalue weighted by Gasteiger charge is -2.11. The van der Waals surface area contributed by atoms with Crippen LogP contribution in [0.3, 0.4) is 0 Å². The van der Waals surface area contributed by atoms with Crippen molar-refractivity contribution in [3.8, 4) is 0 Å². The maximum atomic E-state index is 4.56. The molecule has 0 unspecified atom stereocenters. The van der Waals surface area contributed by atoms with Gasteiger partial charge in [0.15, 0.2) is 5.96 Å². The van der Waals surface area contributed by atoms with Gasteiger partial charge in [-0.1, -0.05) is 0 Å². The van der Waals surface area contributed by atoms with Crippen LogP contribution in [0.4, 0.5) is 0 Å². The summed E-state index contributed by atoms with van der Waals surface area (Å²) in [6.07, 6.45) is 8.02. The molecule has 2 rings (SSSR count). The molecule has 0 aromatic carbocycles. The first kappa shape index (κ1) is 15.2. The van der Waals surface area contributed by atoms with Crippen molar-refractivity contribution in [2.45, 2.75) is 26.9 Å². The van der Waals surface area contributed by atoms with Gasteiger partial charge < -0.3 is 15.2 Å². The molecule has 114 valence electrons. The molecule has 2 N–H and O–H groups in total. The van der Waals surface area contributed by atoms with Crippen LogP contribution in [0.5, 0.6) is 0 Å². The summed E-state index contributed by atoms with van der Waals surface area (Å²) in [6, 6.07) is 4.07. The summed E-state index contributed by atoms with van der Waals surface area (Å²) in [5.74, 6) is 0.855. The van der Waals surface area contributed by atoms with Gasteiger partial charge in [0.1, 0.15) is 0 Å². The lowest BCUT2D eigenvalue weighted by atomic mass is 10.4. The summed E-state index contributed by atoms with van der Waals surface area (Å²) in [5, 5.41) is 10.9. The van der Waals surface area contributed by atoms with Crippen LogP contribution in [0.25, 0.3) is 0 Å². The first-order valence-electron chi connectivity index (χ1n) is 7.40. The summed E-state index contributed by atoms with van der Waals surface area (Å²) in [6.45, 7) is 8.25. The average molecular weight is 288 g/mol. The number of nitrogens with one attached hydrogen (secondary N) is 2. The Balaban J connectivity index is 1.75. The molecule has 0 saturated heterocycles. The van der Waals surface area contributed by atoms with E-state index in [0.717, 1.165) is 32.1 Å². The Morgan fingerprint density at radius 3 is 2.71 bits per heavy atom. The van der Waals surface area contributed by atoms with Gasteiger partial charge in [0.25, 0.3) is 0 Å². The lowest BCUT2D eigenvalue weighted by molar-refractivity contribution is 0.618. The molecule has 2 heterocycles. The van der Waals surface area contributed by atoms with E-state index in [0.29, 0.717) is 6.54 Å². The Bertz CT molecular complexity index is 540. The van der Waals surface area contributed by atoms with Gasteiger partial charge in [0, 0.05) is 38.2 Å². The van der Waals surface area contributed by atoms with E-state index in [-0.39, 0.29) is 0 Å². The molecule has 21 heavy (non-hydrogen) atoms. The third-order valence-corrected chi connectivity index (χ3v) is 3.03. The van der Waals surface area contributed by atoms with Gasteiger partial charge >= 0.3 is 0 Å². The fourth-order valence-electron chi connectivity index (χ4n) is 2.02. The first-order chi connectivity index (χ1) is 10.3. The van der Waals surface area contributed by atoms with E-state index >= 15 is 0 Å². The van der Waals surface area contributed by atoms with Crippen molar-refractivity contribution in [3.05, 3.63) is 42.5 Å². The lowest BCUT2D eigenvalue weighted by Crippen LogP contribution is -2.39. The molecule has 6 nitrogen and oxygen atoms in total. The Morgan fingerprint density at radius 2 is 2.05 bits per heavy atom. The molecule has 2 aromatic heterocycles. The van der Waals surface area contributed by atoms with Gasteiger partial charge in [0.2, 0.25) is 0 Å². The monoisotopic (exact) mass is 288 g/mol. The number of hydrogen-bond donors (Lipinski definition) is 2. The molecule has 0 amide bonds. The molecular formula is C15H24N6. The highest BCUT2D eigenvalue weighted by atomic mass is 15.3. The molecule has 0 saturated carbocycles. The smallest absolute Gasteiger partial charge is 0.191 e. The van der Waals surface area contributed by atoms with Crippen LogP contribution in [0.2, 0.25) is 0 Å². The van der Waals surface area contributed by atoms with Gasteiger partial charge in [-0.2, -0.15) is 5.10 Å². The van der Waals surface area contributed by atoms with Crippen molar-refractivity contribution in [1.29, 1.82) is 0 Å². The highest BCUT2D eigenvalue weighted by molar-refractivity contribution is 5.79. The highest BCUT2D eigenvalue weighted by Gasteiger charge is 1.98. The van der Waals surface area contributed by atoms with Gasteiger partial charge in [-0.3, -0.25) is 9.67 Å². The fraction of sp³-hybridized carbons (Fsp3) is 0.467. The minimum absolute atomic E-state index is 0.708. The number of rotatable bonds is 7. The van der Waals surface area contributed by atoms with Crippen molar-refractivity contribution in [2.24, 2.45) is 4.99 Å². The fourth-order valence-corrected chi connectivity index (χ4v) is 2.02. The molecule has 0 aliphatic carbocycles. The standard InChI is InChI=1S/C15H24N6/c1-3-16-15(17-6-10-20-8-4-5-9-20)18-7-11-21-13-14(2)12-19-21/h4-5,8-9,12-13H,3,6-7,10-11H2,1-2H3,(H2,16,17,18). The molecular weight excluding hydrogens is 264 g/mol. The molecule has 6 heteroatoms. The van der Waals surface area contributed by atoms with Crippen LogP contribution in [-0.4, -0.2) is 39.9 Å². The van der Waals surface area contributed by atoms with Crippen LogP contribution in [0.1, 0.15) is 12.5 Å². The van der Waals surface area contributed by atoms with E-state index in [2.05, 4.69) is 44.6 Å². The van der Waals surface area contributed by atoms with Crippen LogP contribution < -0.4 is 10.6 Å². The van der Waals surface area contributed by atoms with E-state index in [1.165, 1.54) is 5.56 Å². The quantitative estimate of drug-likeness (QED) is 0.595. The number of guanidine groups is 1. The Morgan fingerprint density at radius 1 is 1.24 bits per heavy atom. The molecule has 0 atom stereocenters. The summed E-state index contributed by atoms with van der Waals surface area (Å²) in [5.41, 5.74) is 1.18. The Hall–Kier alpha value is -2.24. The predicted octanol–water partition coefficient (Wildman–Crippen LogP) is 1.25. The van der Waals surface area contributed by atoms with Crippen LogP contribution in [0.15, 0.2) is 41.9 Å². The third kappa shape index (κ3) is 5.33.